The molecule has 6 aliphatic rings. The number of amides is 3. The smallest absolute Gasteiger partial charge is 0.257 e. The van der Waals surface area contributed by atoms with Gasteiger partial charge >= 0.3 is 0 Å². The molecule has 4 aromatic rings. The fraction of sp³-hybridized carbons (Fsp3) is 0.500. The van der Waals surface area contributed by atoms with Crippen molar-refractivity contribution in [1.82, 2.24) is 30.4 Å². The number of nitrogens with zero attached hydrogens (tertiary/aromatic N) is 6. The lowest BCUT2D eigenvalue weighted by Gasteiger charge is -2.66. The molecule has 4 unspecified atom stereocenters. The second kappa shape index (κ2) is 15.5. The lowest BCUT2D eigenvalue weighted by Crippen LogP contribution is -2.78. The van der Waals surface area contributed by atoms with Crippen LogP contribution in [0.2, 0.25) is 0 Å². The summed E-state index contributed by atoms with van der Waals surface area (Å²) in [5.74, 6) is 1.92. The Bertz CT molecular complexity index is 2530. The number of aromatic nitrogens is 2. The van der Waals surface area contributed by atoms with Crippen molar-refractivity contribution in [3.63, 3.8) is 0 Å². The minimum atomic E-state index is -1.23. The Kier molecular flexibility index (Phi) is 10.1. The fourth-order valence-corrected chi connectivity index (χ4v) is 11.7. The molecule has 6 heterocycles. The lowest BCUT2D eigenvalue weighted by atomic mass is 9.45. The average Bonchev–Trinajstić information content (AvgIpc) is 3.52. The number of fused-ring (bicyclic) bond motifs is 3. The molecule has 2 aliphatic carbocycles. The van der Waals surface area contributed by atoms with Crippen LogP contribution in [0.4, 0.5) is 5.82 Å². The van der Waals surface area contributed by atoms with Crippen molar-refractivity contribution in [3.05, 3.63) is 88.7 Å². The number of rotatable bonds is 10. The topological polar surface area (TPSA) is 193 Å². The standard InChI is InChI=1S/C48H54N8O7/c1-5-54(29-20-31(21-29)62-30-8-9-32-33(22-30)44(61)56(43(32)60)35-10-13-38(57)52-42(35)59)25-26-15-18-55(19-16-26)37-12-7-28(24-51-37)41(58)53-45-47(2,3)46-48(45,4)34-14-17-50-40-27(23-49)6-11-36(63-46)39(34)40/h6-9,11-12,14,17,22,24,26,29,31,35,42,44-46,59,61H,5,10,13,15-16,18-21,25H2,1-4H3,(H,52,57)(H,53,58)/t29?,31?,35?,42?,44?,45-,46-,48?/m0/s1. The van der Waals surface area contributed by atoms with Crippen LogP contribution in [0.15, 0.2) is 60.9 Å². The van der Waals surface area contributed by atoms with E-state index < -0.39 is 23.9 Å². The molecule has 10 rings (SSSR count). The van der Waals surface area contributed by atoms with Gasteiger partial charge in [0.1, 0.15) is 41.8 Å². The first-order valence-electron chi connectivity index (χ1n) is 22.3. The normalized spacial score (nSPS) is 29.5. The van der Waals surface area contributed by atoms with E-state index in [0.717, 1.165) is 74.4 Å². The van der Waals surface area contributed by atoms with E-state index in [0.29, 0.717) is 45.5 Å². The third kappa shape index (κ3) is 6.68. The molecule has 4 N–H and O–H groups in total. The first-order chi connectivity index (χ1) is 30.3. The molecule has 328 valence electrons. The minimum Gasteiger partial charge on any atom is -0.490 e. The summed E-state index contributed by atoms with van der Waals surface area (Å²) in [5, 5.41) is 37.9. The maximum Gasteiger partial charge on any atom is 0.257 e. The first kappa shape index (κ1) is 41.2. The van der Waals surface area contributed by atoms with Crippen LogP contribution in [0, 0.1) is 22.7 Å². The van der Waals surface area contributed by atoms with Gasteiger partial charge in [-0.2, -0.15) is 5.26 Å². The van der Waals surface area contributed by atoms with Crippen LogP contribution in [0.1, 0.15) is 110 Å². The maximum atomic E-state index is 13.8. The lowest BCUT2D eigenvalue weighted by molar-refractivity contribution is -0.132. The predicted octanol–water partition coefficient (Wildman–Crippen LogP) is 4.55. The third-order valence-electron chi connectivity index (χ3n) is 15.1. The Morgan fingerprint density at radius 1 is 1.06 bits per heavy atom. The molecule has 63 heavy (non-hydrogen) atoms. The molecule has 15 nitrogen and oxygen atoms in total. The molecular weight excluding hydrogens is 801 g/mol. The Hall–Kier alpha value is -5.82. The molecule has 0 spiro atoms. The fourth-order valence-electron chi connectivity index (χ4n) is 11.7. The van der Waals surface area contributed by atoms with Gasteiger partial charge < -0.3 is 45.0 Å². The van der Waals surface area contributed by atoms with Crippen molar-refractivity contribution in [2.45, 2.75) is 114 Å². The predicted molar refractivity (Wildman–Crippen MR) is 232 cm³/mol. The van der Waals surface area contributed by atoms with E-state index in [1.807, 2.05) is 24.3 Å². The zero-order valence-electron chi connectivity index (χ0n) is 36.1. The van der Waals surface area contributed by atoms with Gasteiger partial charge in [-0.1, -0.05) is 20.8 Å². The van der Waals surface area contributed by atoms with E-state index in [1.165, 1.54) is 4.90 Å². The van der Waals surface area contributed by atoms with Gasteiger partial charge in [-0.15, -0.1) is 0 Å². The highest BCUT2D eigenvalue weighted by molar-refractivity contribution is 6.00. The van der Waals surface area contributed by atoms with Crippen LogP contribution < -0.4 is 25.0 Å². The number of ether oxygens (including phenoxy) is 2. The first-order valence-corrected chi connectivity index (χ1v) is 22.3. The van der Waals surface area contributed by atoms with Crippen molar-refractivity contribution < 1.29 is 34.1 Å². The van der Waals surface area contributed by atoms with E-state index >= 15 is 0 Å². The van der Waals surface area contributed by atoms with Crippen LogP contribution in [0.5, 0.6) is 11.5 Å². The Morgan fingerprint density at radius 2 is 1.86 bits per heavy atom. The molecule has 0 radical (unpaired) electrons. The van der Waals surface area contributed by atoms with Crippen molar-refractivity contribution in [3.8, 4) is 17.6 Å². The number of hydrogen-bond donors (Lipinski definition) is 4. The molecule has 2 saturated heterocycles. The van der Waals surface area contributed by atoms with Gasteiger partial charge in [-0.25, -0.2) is 4.98 Å². The SMILES string of the molecule is CCN(CC1CCN(c2ccc(C(=O)N[C@H]3C(C)(C)[C@@H]4Oc5ccc(C#N)c6nccc(c56)C34C)cn2)CC1)C1CC(Oc2ccc3c(c2)C(O)N(C2CCC(=O)NC2O)C3=O)C1. The number of aliphatic hydroxyl groups is 2. The summed E-state index contributed by atoms with van der Waals surface area (Å²) in [7, 11) is 0. The van der Waals surface area contributed by atoms with Crippen LogP contribution in [-0.4, -0.2) is 110 Å². The Morgan fingerprint density at radius 3 is 2.57 bits per heavy atom. The van der Waals surface area contributed by atoms with Gasteiger partial charge in [0.2, 0.25) is 5.91 Å². The molecule has 2 aromatic heterocycles. The molecule has 15 heteroatoms. The van der Waals surface area contributed by atoms with Gasteiger partial charge in [0.25, 0.3) is 11.8 Å². The molecule has 2 aromatic carbocycles. The Labute approximate surface area is 366 Å². The summed E-state index contributed by atoms with van der Waals surface area (Å²) in [5.41, 5.74) is 2.60. The van der Waals surface area contributed by atoms with Gasteiger partial charge in [-0.3, -0.25) is 19.4 Å². The summed E-state index contributed by atoms with van der Waals surface area (Å²) < 4.78 is 12.9. The number of carbonyl (C=O) groups excluding carboxylic acids is 3. The Balaban J connectivity index is 0.708. The van der Waals surface area contributed by atoms with Crippen molar-refractivity contribution in [1.29, 1.82) is 5.26 Å². The zero-order chi connectivity index (χ0) is 43.9. The van der Waals surface area contributed by atoms with E-state index in [1.54, 1.807) is 36.7 Å². The second-order valence-electron chi connectivity index (χ2n) is 19.1. The van der Waals surface area contributed by atoms with Crippen LogP contribution >= 0.6 is 0 Å². The van der Waals surface area contributed by atoms with Crippen molar-refractivity contribution >= 4 is 34.4 Å². The number of benzene rings is 2. The van der Waals surface area contributed by atoms with Gasteiger partial charge in [0, 0.05) is 79.3 Å². The highest BCUT2D eigenvalue weighted by Crippen LogP contribution is 2.61. The van der Waals surface area contributed by atoms with Crippen LogP contribution in [0.25, 0.3) is 10.9 Å². The van der Waals surface area contributed by atoms with E-state index in [2.05, 4.69) is 59.2 Å². The minimum absolute atomic E-state index is 0.0333. The van der Waals surface area contributed by atoms with Gasteiger partial charge in [0.05, 0.1) is 34.1 Å². The van der Waals surface area contributed by atoms with Crippen molar-refractivity contribution in [2.75, 3.05) is 31.1 Å². The number of carbonyl (C=O) groups is 3. The molecule has 2 saturated carbocycles. The molecule has 6 atom stereocenters. The number of nitrogens with one attached hydrogen (secondary N) is 2. The van der Waals surface area contributed by atoms with Crippen LogP contribution in [-0.2, 0) is 10.2 Å². The summed E-state index contributed by atoms with van der Waals surface area (Å²) in [6.45, 7) is 12.3. The van der Waals surface area contributed by atoms with Crippen molar-refractivity contribution in [2.24, 2.45) is 11.3 Å². The summed E-state index contributed by atoms with van der Waals surface area (Å²) in [6.07, 6.45) is 5.15. The number of nitriles is 1. The number of aliphatic hydroxyl groups excluding tert-OH is 2. The second-order valence-corrected chi connectivity index (χ2v) is 19.1. The number of piperidine rings is 2. The average molecular weight is 855 g/mol. The summed E-state index contributed by atoms with van der Waals surface area (Å²) >= 11 is 0. The highest BCUT2D eigenvalue weighted by atomic mass is 16.5. The largest absolute Gasteiger partial charge is 0.490 e. The molecule has 0 bridgehead atoms. The maximum absolute atomic E-state index is 13.8. The van der Waals surface area contributed by atoms with Crippen LogP contribution in [0.3, 0.4) is 0 Å². The monoisotopic (exact) mass is 854 g/mol. The highest BCUT2D eigenvalue weighted by Gasteiger charge is 2.69. The quantitative estimate of drug-likeness (QED) is 0.174. The summed E-state index contributed by atoms with van der Waals surface area (Å²) in [6, 6.07) is 16.3. The third-order valence-corrected chi connectivity index (χ3v) is 15.1. The number of pyridine rings is 2. The van der Waals surface area contributed by atoms with Gasteiger partial charge in [-0.05, 0) is 92.7 Å². The van der Waals surface area contributed by atoms with E-state index in [-0.39, 0.29) is 54.2 Å². The number of hydrogen-bond acceptors (Lipinski definition) is 12. The molecule has 4 aliphatic heterocycles. The molecule has 3 amide bonds. The zero-order valence-corrected chi connectivity index (χ0v) is 36.1. The molecule has 4 fully saturated rings. The molecular formula is C48H54N8O7. The van der Waals surface area contributed by atoms with E-state index in [4.69, 9.17) is 14.5 Å². The summed E-state index contributed by atoms with van der Waals surface area (Å²) in [4.78, 5) is 54.1. The van der Waals surface area contributed by atoms with E-state index in [9.17, 15) is 29.9 Å². The van der Waals surface area contributed by atoms with Gasteiger partial charge in [0.15, 0.2) is 6.23 Å². The number of anilines is 1.